The molecule has 0 unspecified atom stereocenters. The zero-order valence-electron chi connectivity index (χ0n) is 10.7. The fourth-order valence-electron chi connectivity index (χ4n) is 0.714. The van der Waals surface area contributed by atoms with Gasteiger partial charge in [0.15, 0.2) is 5.60 Å². The summed E-state index contributed by atoms with van der Waals surface area (Å²) in [5, 5.41) is 33.8. The van der Waals surface area contributed by atoms with Gasteiger partial charge in [0, 0.05) is 0 Å². The Kier molecular flexibility index (Phi) is 11.6. The zero-order chi connectivity index (χ0) is 19.6. The summed E-state index contributed by atoms with van der Waals surface area (Å²) < 4.78 is 40.5. The number of carbonyl (C=O) groups is 3. The molecule has 0 bridgehead atoms. The second-order valence-corrected chi connectivity index (χ2v) is 5.36. The summed E-state index contributed by atoms with van der Waals surface area (Å²) in [6, 6.07) is 0. The number of aliphatic hydroxyl groups is 1. The molecule has 23 heavy (non-hydrogen) atoms. The van der Waals surface area contributed by atoms with Crippen LogP contribution in [0.5, 0.6) is 0 Å². The lowest BCUT2D eigenvalue weighted by Crippen LogP contribution is -2.42. The van der Waals surface area contributed by atoms with Crippen LogP contribution in [0.1, 0.15) is 12.8 Å². The summed E-state index contributed by atoms with van der Waals surface area (Å²) >= 11 is 0. The summed E-state index contributed by atoms with van der Waals surface area (Å²) in [5.74, 6) is -5.02. The number of aliphatic carboxylic acids is 3. The van der Waals surface area contributed by atoms with Crippen LogP contribution in [0.25, 0.3) is 0 Å². The predicted octanol–water partition coefficient (Wildman–Crippen LogP) is -2.83. The van der Waals surface area contributed by atoms with E-state index < -0.39 is 54.6 Å². The lowest BCUT2D eigenvalue weighted by Gasteiger charge is -2.18. The normalized spacial score (nSPS) is 11.2. The van der Waals surface area contributed by atoms with Crippen molar-refractivity contribution < 1.29 is 71.6 Å². The van der Waals surface area contributed by atoms with Crippen molar-refractivity contribution in [1.82, 2.24) is 0 Å². The molecule has 0 rings (SSSR count). The van der Waals surface area contributed by atoms with Crippen LogP contribution in [-0.4, -0.2) is 76.1 Å². The fraction of sp³-hybridized carbons (Fsp3) is 0.500. The maximum absolute atomic E-state index is 10.3. The van der Waals surface area contributed by atoms with Gasteiger partial charge < -0.3 is 35.1 Å². The minimum Gasteiger partial charge on any atom is -0.481 e. The number of carboxylic acids is 3. The molecular weight excluding hydrogens is 375 g/mol. The molecule has 9 N–H and O–H groups in total. The molecule has 0 amide bonds. The quantitative estimate of drug-likeness (QED) is 0.169. The van der Waals surface area contributed by atoms with E-state index >= 15 is 0 Å². The van der Waals surface area contributed by atoms with E-state index in [0.717, 1.165) is 0 Å². The first kappa shape index (κ1) is 26.3. The van der Waals surface area contributed by atoms with Gasteiger partial charge in [-0.25, -0.2) is 9.36 Å². The Morgan fingerprint density at radius 1 is 0.870 bits per heavy atom. The van der Waals surface area contributed by atoms with Crippen molar-refractivity contribution in [2.45, 2.75) is 18.4 Å². The first-order chi connectivity index (χ1) is 9.78. The van der Waals surface area contributed by atoms with Crippen molar-refractivity contribution >= 4 is 36.1 Å². The molecule has 0 aliphatic carbocycles. The molecule has 0 aromatic rings. The molecule has 0 heterocycles. The molecule has 17 heteroatoms. The Labute approximate surface area is 127 Å². The number of rotatable bonds is 5. The second-order valence-electron chi connectivity index (χ2n) is 3.44. The predicted molar refractivity (Wildman–Crippen MR) is 65.5 cm³/mol. The van der Waals surface area contributed by atoms with Crippen molar-refractivity contribution in [3.8, 4) is 0 Å². The second kappa shape index (κ2) is 10.2. The minimum absolute atomic E-state index is 1.14. The summed E-state index contributed by atoms with van der Waals surface area (Å²) in [7, 11) is -9.31. The average Bonchev–Trinajstić information content (AvgIpc) is 2.07. The largest absolute Gasteiger partial charge is 0.481 e. The molecule has 15 nitrogen and oxygen atoms in total. The summed E-state index contributed by atoms with van der Waals surface area (Å²) in [4.78, 5) is 52.0. The smallest absolute Gasteiger partial charge is 0.466 e. The van der Waals surface area contributed by atoms with Gasteiger partial charge in [-0.3, -0.25) is 18.7 Å². The number of carboxylic acid groups (broad SMARTS) is 3. The third-order valence-corrected chi connectivity index (χ3v) is 1.29. The van der Waals surface area contributed by atoms with E-state index in [-0.39, 0.29) is 0 Å². The van der Waals surface area contributed by atoms with Crippen molar-refractivity contribution in [3.63, 3.8) is 0 Å². The first-order valence-corrected chi connectivity index (χ1v) is 7.61. The number of phosphoric acid groups is 1. The van der Waals surface area contributed by atoms with Crippen LogP contribution in [0.15, 0.2) is 0 Å². The minimum atomic E-state index is -4.67. The fourth-order valence-corrected chi connectivity index (χ4v) is 0.714. The molecule has 0 aliphatic rings. The topological polar surface area (TPSA) is 284 Å². The van der Waals surface area contributed by atoms with Crippen molar-refractivity contribution in [1.29, 1.82) is 0 Å². The Balaban J connectivity index is -0.000000329. The van der Waals surface area contributed by atoms with Gasteiger partial charge in [-0.1, -0.05) is 0 Å². The molecular formula is C6H13O15PS. The highest BCUT2D eigenvalue weighted by Crippen LogP contribution is 2.25. The summed E-state index contributed by atoms with van der Waals surface area (Å²) in [6.45, 7) is 0. The lowest BCUT2D eigenvalue weighted by molar-refractivity contribution is -0.170. The molecule has 0 radical (unpaired) electrons. The molecule has 0 spiro atoms. The van der Waals surface area contributed by atoms with Crippen LogP contribution in [0.2, 0.25) is 0 Å². The molecule has 0 saturated heterocycles. The van der Waals surface area contributed by atoms with E-state index in [4.69, 9.17) is 57.2 Å². The van der Waals surface area contributed by atoms with Gasteiger partial charge in [-0.15, -0.1) is 0 Å². The zero-order valence-corrected chi connectivity index (χ0v) is 12.5. The van der Waals surface area contributed by atoms with Gasteiger partial charge >= 0.3 is 36.1 Å². The lowest BCUT2D eigenvalue weighted by atomic mass is 9.96. The summed E-state index contributed by atoms with van der Waals surface area (Å²) in [5.41, 5.74) is -2.74. The SMILES string of the molecule is O=C(O)CC(O)(CC(=O)O)C(=O)O.O=P(O)(O)O.O=S(=O)(O)O. The number of hydrogen-bond donors (Lipinski definition) is 9. The van der Waals surface area contributed by atoms with E-state index in [1.165, 1.54) is 0 Å². The van der Waals surface area contributed by atoms with E-state index in [2.05, 4.69) is 0 Å². The van der Waals surface area contributed by atoms with Gasteiger partial charge in [0.1, 0.15) is 0 Å². The molecule has 0 aliphatic heterocycles. The molecule has 0 aromatic heterocycles. The van der Waals surface area contributed by atoms with Crippen LogP contribution in [0.4, 0.5) is 0 Å². The Bertz CT molecular complexity index is 524. The van der Waals surface area contributed by atoms with E-state index in [1.54, 1.807) is 0 Å². The molecule has 0 aromatic carbocycles. The Morgan fingerprint density at radius 2 is 1.04 bits per heavy atom. The monoisotopic (exact) mass is 388 g/mol. The highest BCUT2D eigenvalue weighted by Gasteiger charge is 2.40. The highest BCUT2D eigenvalue weighted by atomic mass is 32.3. The van der Waals surface area contributed by atoms with E-state index in [9.17, 15) is 14.4 Å². The third-order valence-electron chi connectivity index (χ3n) is 1.29. The molecule has 138 valence electrons. The van der Waals surface area contributed by atoms with Gasteiger partial charge in [-0.2, -0.15) is 8.42 Å². The van der Waals surface area contributed by atoms with Crippen LogP contribution in [0.3, 0.4) is 0 Å². The van der Waals surface area contributed by atoms with Gasteiger partial charge in [0.2, 0.25) is 0 Å². The van der Waals surface area contributed by atoms with E-state index in [0.29, 0.717) is 0 Å². The molecule has 0 saturated carbocycles. The number of hydrogen-bond acceptors (Lipinski definition) is 7. The van der Waals surface area contributed by atoms with Crippen molar-refractivity contribution in [3.05, 3.63) is 0 Å². The van der Waals surface area contributed by atoms with Gasteiger partial charge in [-0.05, 0) is 0 Å². The van der Waals surface area contributed by atoms with Crippen LogP contribution in [-0.2, 0) is 29.3 Å². The Morgan fingerprint density at radius 3 is 1.13 bits per heavy atom. The van der Waals surface area contributed by atoms with Crippen molar-refractivity contribution in [2.24, 2.45) is 0 Å². The van der Waals surface area contributed by atoms with Gasteiger partial charge in [0.25, 0.3) is 0 Å². The molecule has 0 atom stereocenters. The van der Waals surface area contributed by atoms with Gasteiger partial charge in [0.05, 0.1) is 12.8 Å². The third kappa shape index (κ3) is 33.3. The maximum Gasteiger partial charge on any atom is 0.466 e. The Hall–Kier alpha value is -1.65. The standard InChI is InChI=1S/C6H8O7.H3O4P.H2O4S/c7-3(8)1-6(13,5(11)12)2-4(9)10;2*1-5(2,3)4/h13H,1-2H2,(H,7,8)(H,9,10)(H,11,12);(H3,1,2,3,4);(H2,1,2,3,4). The average molecular weight is 388 g/mol. The van der Waals surface area contributed by atoms with Crippen LogP contribution < -0.4 is 0 Å². The summed E-state index contributed by atoms with van der Waals surface area (Å²) in [6.07, 6.45) is -2.29. The van der Waals surface area contributed by atoms with Crippen molar-refractivity contribution in [2.75, 3.05) is 0 Å². The van der Waals surface area contributed by atoms with E-state index in [1.807, 2.05) is 0 Å². The van der Waals surface area contributed by atoms with Crippen LogP contribution >= 0.6 is 7.82 Å². The molecule has 0 fully saturated rings. The highest BCUT2D eigenvalue weighted by molar-refractivity contribution is 7.79. The maximum atomic E-state index is 10.3. The van der Waals surface area contributed by atoms with Crippen LogP contribution in [0, 0.1) is 0 Å². The first-order valence-electron chi connectivity index (χ1n) is 4.65.